The fraction of sp³-hybridized carbons (Fsp3) is 1.00. The predicted octanol–water partition coefficient (Wildman–Crippen LogP) is 1.27. The Morgan fingerprint density at radius 1 is 1.26 bits per heavy atom. The van der Waals surface area contributed by atoms with E-state index >= 15 is 0 Å². The quantitative estimate of drug-likeness (QED) is 0.639. The van der Waals surface area contributed by atoms with E-state index in [9.17, 15) is 0 Å². The summed E-state index contributed by atoms with van der Waals surface area (Å²) < 4.78 is 5.60. The molecule has 0 aliphatic carbocycles. The van der Waals surface area contributed by atoms with Gasteiger partial charge in [-0.3, -0.25) is 0 Å². The number of nitrogens with one attached hydrogen (secondary N) is 1. The highest BCUT2D eigenvalue weighted by Gasteiger charge is 2.22. The molecule has 1 fully saturated rings. The molecule has 1 atom stereocenters. The van der Waals surface area contributed by atoms with Gasteiger partial charge in [0.2, 0.25) is 0 Å². The number of ether oxygens (including phenoxy) is 1. The lowest BCUT2D eigenvalue weighted by molar-refractivity contribution is 0.112. The van der Waals surface area contributed by atoms with Crippen molar-refractivity contribution in [3.05, 3.63) is 0 Å². The maximum Gasteiger partial charge on any atom is 0.0593 e. The lowest BCUT2D eigenvalue weighted by Crippen LogP contribution is -2.42. The molecule has 1 saturated heterocycles. The molecule has 19 heavy (non-hydrogen) atoms. The molecular formula is C15H33N3O. The summed E-state index contributed by atoms with van der Waals surface area (Å²) in [6, 6.07) is 0.622. The molecule has 4 heteroatoms. The number of rotatable bonds is 9. The third-order valence-corrected chi connectivity index (χ3v) is 4.18. The topological polar surface area (TPSA) is 27.7 Å². The van der Waals surface area contributed by atoms with Crippen molar-refractivity contribution in [2.24, 2.45) is 5.92 Å². The van der Waals surface area contributed by atoms with Crippen LogP contribution < -0.4 is 5.32 Å². The highest BCUT2D eigenvalue weighted by atomic mass is 16.5. The summed E-state index contributed by atoms with van der Waals surface area (Å²) in [5.41, 5.74) is 0. The van der Waals surface area contributed by atoms with E-state index in [1.807, 2.05) is 0 Å². The molecule has 1 rings (SSSR count). The van der Waals surface area contributed by atoms with Crippen molar-refractivity contribution < 1.29 is 4.74 Å². The number of likely N-dealkylation sites (N-methyl/N-ethyl adjacent to an activating group) is 1. The summed E-state index contributed by atoms with van der Waals surface area (Å²) in [5, 5.41) is 3.62. The summed E-state index contributed by atoms with van der Waals surface area (Å²) in [4.78, 5) is 4.70. The molecule has 0 saturated carbocycles. The van der Waals surface area contributed by atoms with E-state index in [-0.39, 0.29) is 0 Å². The molecule has 0 aromatic rings. The maximum absolute atomic E-state index is 5.60. The molecule has 1 aliphatic heterocycles. The summed E-state index contributed by atoms with van der Waals surface area (Å²) >= 11 is 0. The van der Waals surface area contributed by atoms with Crippen LogP contribution in [0.3, 0.4) is 0 Å². The van der Waals surface area contributed by atoms with Crippen LogP contribution >= 0.6 is 0 Å². The molecule has 0 spiro atoms. The molecule has 1 N–H and O–H groups in total. The second kappa shape index (κ2) is 9.70. The summed E-state index contributed by atoms with van der Waals surface area (Å²) in [6.07, 6.45) is 2.67. The minimum atomic E-state index is 0.622. The molecule has 0 radical (unpaired) electrons. The highest BCUT2D eigenvalue weighted by molar-refractivity contribution is 4.79. The Bertz CT molecular complexity index is 215. The molecule has 0 amide bonds. The fourth-order valence-corrected chi connectivity index (χ4v) is 2.64. The first-order valence-corrected chi connectivity index (χ1v) is 7.81. The van der Waals surface area contributed by atoms with Gasteiger partial charge in [0.25, 0.3) is 0 Å². The van der Waals surface area contributed by atoms with Crippen LogP contribution in [0, 0.1) is 5.92 Å². The number of likely N-dealkylation sites (tertiary alicyclic amines) is 1. The minimum absolute atomic E-state index is 0.622. The Morgan fingerprint density at radius 2 is 1.95 bits per heavy atom. The fourth-order valence-electron chi connectivity index (χ4n) is 2.64. The molecule has 4 nitrogen and oxygen atoms in total. The number of nitrogens with zero attached hydrogens (tertiary/aromatic N) is 2. The highest BCUT2D eigenvalue weighted by Crippen LogP contribution is 2.20. The zero-order valence-corrected chi connectivity index (χ0v) is 13.3. The van der Waals surface area contributed by atoms with Crippen LogP contribution in [0.1, 0.15) is 26.7 Å². The Morgan fingerprint density at radius 3 is 2.53 bits per heavy atom. The van der Waals surface area contributed by atoms with Crippen LogP contribution in [0.2, 0.25) is 0 Å². The number of piperidine rings is 1. The second-order valence-corrected chi connectivity index (χ2v) is 5.93. The van der Waals surface area contributed by atoms with Crippen LogP contribution in [-0.2, 0) is 4.74 Å². The van der Waals surface area contributed by atoms with Crippen LogP contribution in [0.5, 0.6) is 0 Å². The molecule has 1 heterocycles. The second-order valence-electron chi connectivity index (χ2n) is 5.93. The van der Waals surface area contributed by atoms with E-state index in [2.05, 4.69) is 43.1 Å². The van der Waals surface area contributed by atoms with E-state index < -0.39 is 0 Å². The molecule has 1 unspecified atom stereocenters. The summed E-state index contributed by atoms with van der Waals surface area (Å²) in [6.45, 7) is 12.0. The standard InChI is InChI=1S/C15H33N3O/c1-5-18-9-6-15(7-10-18)14(2)16-8-12-19-13-11-17(3)4/h14-16H,5-13H2,1-4H3. The van der Waals surface area contributed by atoms with Crippen molar-refractivity contribution in [1.29, 1.82) is 0 Å². The van der Waals surface area contributed by atoms with Gasteiger partial charge in [-0.1, -0.05) is 6.92 Å². The third kappa shape index (κ3) is 7.25. The Kier molecular flexibility index (Phi) is 8.62. The van der Waals surface area contributed by atoms with Gasteiger partial charge in [0.05, 0.1) is 13.2 Å². The zero-order chi connectivity index (χ0) is 14.1. The largest absolute Gasteiger partial charge is 0.379 e. The monoisotopic (exact) mass is 271 g/mol. The van der Waals surface area contributed by atoms with Gasteiger partial charge in [0.15, 0.2) is 0 Å². The van der Waals surface area contributed by atoms with Crippen molar-refractivity contribution in [2.45, 2.75) is 32.7 Å². The van der Waals surface area contributed by atoms with Gasteiger partial charge in [-0.15, -0.1) is 0 Å². The lowest BCUT2D eigenvalue weighted by atomic mass is 9.90. The van der Waals surface area contributed by atoms with Gasteiger partial charge in [0.1, 0.15) is 0 Å². The number of hydrogen-bond acceptors (Lipinski definition) is 4. The van der Waals surface area contributed by atoms with Crippen molar-refractivity contribution in [3.63, 3.8) is 0 Å². The minimum Gasteiger partial charge on any atom is -0.379 e. The van der Waals surface area contributed by atoms with Gasteiger partial charge >= 0.3 is 0 Å². The first kappa shape index (κ1) is 16.9. The molecule has 0 aromatic carbocycles. The maximum atomic E-state index is 5.60. The first-order valence-electron chi connectivity index (χ1n) is 7.81. The van der Waals surface area contributed by atoms with Crippen molar-refractivity contribution in [3.8, 4) is 0 Å². The first-order chi connectivity index (χ1) is 9.13. The zero-order valence-electron chi connectivity index (χ0n) is 13.3. The van der Waals surface area contributed by atoms with Crippen LogP contribution in [0.4, 0.5) is 0 Å². The van der Waals surface area contributed by atoms with E-state index in [1.54, 1.807) is 0 Å². The number of hydrogen-bond donors (Lipinski definition) is 1. The van der Waals surface area contributed by atoms with Crippen LogP contribution in [0.25, 0.3) is 0 Å². The Balaban J connectivity index is 2.00. The van der Waals surface area contributed by atoms with Crippen molar-refractivity contribution in [1.82, 2.24) is 15.1 Å². The van der Waals surface area contributed by atoms with Gasteiger partial charge in [-0.05, 0) is 59.4 Å². The van der Waals surface area contributed by atoms with E-state index in [1.165, 1.54) is 32.5 Å². The van der Waals surface area contributed by atoms with Crippen molar-refractivity contribution in [2.75, 3.05) is 60.0 Å². The van der Waals surface area contributed by atoms with Gasteiger partial charge < -0.3 is 19.9 Å². The van der Waals surface area contributed by atoms with Gasteiger partial charge in [-0.2, -0.15) is 0 Å². The third-order valence-electron chi connectivity index (χ3n) is 4.18. The van der Waals surface area contributed by atoms with Gasteiger partial charge in [0, 0.05) is 19.1 Å². The SMILES string of the molecule is CCN1CCC(C(C)NCCOCCN(C)C)CC1. The van der Waals surface area contributed by atoms with Crippen LogP contribution in [0.15, 0.2) is 0 Å². The predicted molar refractivity (Wildman–Crippen MR) is 81.7 cm³/mol. The van der Waals surface area contributed by atoms with Crippen molar-refractivity contribution >= 4 is 0 Å². The average molecular weight is 271 g/mol. The lowest BCUT2D eigenvalue weighted by Gasteiger charge is -2.34. The van der Waals surface area contributed by atoms with E-state index in [0.717, 1.165) is 32.2 Å². The van der Waals surface area contributed by atoms with E-state index in [0.29, 0.717) is 6.04 Å². The molecule has 114 valence electrons. The van der Waals surface area contributed by atoms with E-state index in [4.69, 9.17) is 4.74 Å². The summed E-state index contributed by atoms with van der Waals surface area (Å²) in [5.74, 6) is 0.838. The molecule has 1 aliphatic rings. The Hall–Kier alpha value is -0.160. The Labute approximate surface area is 119 Å². The van der Waals surface area contributed by atoms with Gasteiger partial charge in [-0.25, -0.2) is 0 Å². The summed E-state index contributed by atoms with van der Waals surface area (Å²) in [7, 11) is 4.15. The molecular weight excluding hydrogens is 238 g/mol. The molecule has 0 bridgehead atoms. The van der Waals surface area contributed by atoms with Crippen LogP contribution in [-0.4, -0.2) is 75.9 Å². The molecule has 0 aromatic heterocycles. The normalized spacial score (nSPS) is 20.1. The average Bonchev–Trinajstić information content (AvgIpc) is 2.42. The smallest absolute Gasteiger partial charge is 0.0593 e.